The molecule has 1 aliphatic carbocycles. The third-order valence-electron chi connectivity index (χ3n) is 6.62. The van der Waals surface area contributed by atoms with Crippen molar-refractivity contribution >= 4 is 41.9 Å². The van der Waals surface area contributed by atoms with Crippen molar-refractivity contribution in [3.8, 4) is 11.8 Å². The summed E-state index contributed by atoms with van der Waals surface area (Å²) in [5, 5.41) is 11.6. The zero-order chi connectivity index (χ0) is 34.5. The van der Waals surface area contributed by atoms with Crippen LogP contribution < -0.4 is 26.4 Å². The number of nitrogens with zero attached hydrogens (tertiary/aromatic N) is 1. The first kappa shape index (κ1) is 39.8. The van der Waals surface area contributed by atoms with Crippen LogP contribution in [0, 0.1) is 17.8 Å². The molecule has 3 N–H and O–H groups in total. The quantitative estimate of drug-likeness (QED) is 0.171. The lowest BCUT2D eigenvalue weighted by molar-refractivity contribution is -0.131. The topological polar surface area (TPSA) is 100 Å². The van der Waals surface area contributed by atoms with Crippen molar-refractivity contribution in [3.63, 3.8) is 0 Å². The van der Waals surface area contributed by atoms with E-state index in [0.29, 0.717) is 34.3 Å². The number of benzene rings is 2. The molecule has 1 fully saturated rings. The van der Waals surface area contributed by atoms with Crippen LogP contribution >= 0.6 is 11.6 Å². The summed E-state index contributed by atoms with van der Waals surface area (Å²) in [5.41, 5.74) is 2.56. The highest BCUT2D eigenvalue weighted by Crippen LogP contribution is 2.45. The van der Waals surface area contributed by atoms with Crippen LogP contribution in [0.3, 0.4) is 0 Å². The molecule has 0 saturated heterocycles. The molecule has 0 unspecified atom stereocenters. The van der Waals surface area contributed by atoms with E-state index in [1.165, 1.54) is 10.4 Å². The predicted octanol–water partition coefficient (Wildman–Crippen LogP) is 5.52. The van der Waals surface area contributed by atoms with E-state index in [9.17, 15) is 14.4 Å². The van der Waals surface area contributed by atoms with Crippen LogP contribution in [0.4, 0.5) is 0 Å². The van der Waals surface area contributed by atoms with Crippen molar-refractivity contribution in [1.29, 1.82) is 0 Å². The number of aromatic nitrogens is 1. The van der Waals surface area contributed by atoms with Crippen molar-refractivity contribution in [1.82, 2.24) is 20.9 Å². The molecule has 0 aliphatic heterocycles. The van der Waals surface area contributed by atoms with Crippen molar-refractivity contribution < 1.29 is 14.4 Å². The number of carbonyl (C=O) groups excluding carboxylic acids is 3. The highest BCUT2D eigenvalue weighted by molar-refractivity contribution is 6.31. The monoisotopic (exact) mass is 644 g/mol. The van der Waals surface area contributed by atoms with Gasteiger partial charge in [0.1, 0.15) is 5.69 Å². The molecule has 0 atom stereocenters. The summed E-state index contributed by atoms with van der Waals surface area (Å²) in [6, 6.07) is 17.1. The molecule has 0 spiro atoms. The zero-order valence-electron chi connectivity index (χ0n) is 28.5. The minimum Gasteiger partial charge on any atom is -0.346 e. The normalized spacial score (nSPS) is 12.8. The van der Waals surface area contributed by atoms with E-state index in [2.05, 4.69) is 77.0 Å². The number of halogens is 1. The van der Waals surface area contributed by atoms with Crippen molar-refractivity contribution in [2.45, 2.75) is 73.4 Å². The Kier molecular flexibility index (Phi) is 18.6. The molecule has 1 saturated carbocycles. The number of hydrogen-bond acceptors (Lipinski definition) is 5. The molecule has 246 valence electrons. The third-order valence-corrected chi connectivity index (χ3v) is 6.92. The van der Waals surface area contributed by atoms with Gasteiger partial charge in [0, 0.05) is 18.3 Å². The van der Waals surface area contributed by atoms with Crippen molar-refractivity contribution in [2.24, 2.45) is 5.92 Å². The van der Waals surface area contributed by atoms with Gasteiger partial charge in [-0.3, -0.25) is 14.4 Å². The summed E-state index contributed by atoms with van der Waals surface area (Å²) in [6.07, 6.45) is 8.01. The average Bonchev–Trinajstić information content (AvgIpc) is 3.87. The highest BCUT2D eigenvalue weighted by atomic mass is 35.5. The molecule has 46 heavy (non-hydrogen) atoms. The molecular weight excluding hydrogens is 596 g/mol. The van der Waals surface area contributed by atoms with Gasteiger partial charge in [0.2, 0.25) is 6.29 Å². The Morgan fingerprint density at radius 2 is 1.72 bits per heavy atom. The van der Waals surface area contributed by atoms with Gasteiger partial charge in [0.05, 0.1) is 17.1 Å². The predicted molar refractivity (Wildman–Crippen MR) is 191 cm³/mol. The molecule has 2 amide bonds. The Morgan fingerprint density at radius 3 is 2.30 bits per heavy atom. The van der Waals surface area contributed by atoms with E-state index in [1.807, 2.05) is 41.7 Å². The summed E-state index contributed by atoms with van der Waals surface area (Å²) in [7, 11) is 1.84. The lowest BCUT2D eigenvalue weighted by Crippen LogP contribution is -2.37. The van der Waals surface area contributed by atoms with E-state index in [-0.39, 0.29) is 24.3 Å². The van der Waals surface area contributed by atoms with Crippen LogP contribution in [0.15, 0.2) is 60.8 Å². The van der Waals surface area contributed by atoms with Crippen LogP contribution in [0.25, 0.3) is 12.2 Å². The number of hydrogen-bond donors (Lipinski definition) is 3. The third kappa shape index (κ3) is 12.6. The number of amides is 2. The molecule has 4 rings (SSSR count). The second-order valence-electron chi connectivity index (χ2n) is 10.2. The summed E-state index contributed by atoms with van der Waals surface area (Å²) >= 11 is 5.82. The van der Waals surface area contributed by atoms with Gasteiger partial charge in [-0.2, -0.15) is 0 Å². The molecule has 3 aromatic rings. The first-order valence-electron chi connectivity index (χ1n) is 15.9. The minimum absolute atomic E-state index is 0.128. The van der Waals surface area contributed by atoms with Gasteiger partial charge in [0.25, 0.3) is 11.8 Å². The fourth-order valence-corrected chi connectivity index (χ4v) is 4.52. The summed E-state index contributed by atoms with van der Waals surface area (Å²) in [4.78, 5) is 38.9. The Balaban J connectivity index is 0.000000552. The minimum atomic E-state index is -0.703. The zero-order valence-corrected chi connectivity index (χ0v) is 29.2. The van der Waals surface area contributed by atoms with E-state index < -0.39 is 5.91 Å². The second-order valence-corrected chi connectivity index (χ2v) is 10.6. The SMILES string of the molecule is C/C=c1/ccc(C2(NC(=O)c3ccccc3CNC(=O)C=O)CC2)c/c1=C/C(C)C.CC.CC.CNCC#Cc1ncccc1Cl. The molecule has 8 heteroatoms. The average molecular weight is 645 g/mol. The van der Waals surface area contributed by atoms with E-state index in [4.69, 9.17) is 11.6 Å². The van der Waals surface area contributed by atoms with Crippen LogP contribution in [0.1, 0.15) is 88.5 Å². The van der Waals surface area contributed by atoms with E-state index in [1.54, 1.807) is 42.6 Å². The first-order valence-corrected chi connectivity index (χ1v) is 16.3. The van der Waals surface area contributed by atoms with Gasteiger partial charge < -0.3 is 16.0 Å². The van der Waals surface area contributed by atoms with Gasteiger partial charge in [-0.25, -0.2) is 4.98 Å². The number of rotatable bonds is 8. The number of nitrogens with one attached hydrogen (secondary N) is 3. The number of carbonyl (C=O) groups is 3. The van der Waals surface area contributed by atoms with E-state index in [0.717, 1.165) is 18.4 Å². The fourth-order valence-electron chi connectivity index (χ4n) is 4.35. The van der Waals surface area contributed by atoms with Crippen LogP contribution in [0.2, 0.25) is 5.02 Å². The molecule has 0 radical (unpaired) electrons. The van der Waals surface area contributed by atoms with Gasteiger partial charge in [-0.15, -0.1) is 0 Å². The van der Waals surface area contributed by atoms with Crippen molar-refractivity contribution in [2.75, 3.05) is 13.6 Å². The summed E-state index contributed by atoms with van der Waals surface area (Å²) < 4.78 is 0. The number of aldehydes is 1. The van der Waals surface area contributed by atoms with Gasteiger partial charge >= 0.3 is 0 Å². The van der Waals surface area contributed by atoms with Gasteiger partial charge in [-0.05, 0) is 84.5 Å². The largest absolute Gasteiger partial charge is 0.346 e. The van der Waals surface area contributed by atoms with Gasteiger partial charge in [-0.1, -0.05) is 102 Å². The molecule has 7 nitrogen and oxygen atoms in total. The summed E-state index contributed by atoms with van der Waals surface area (Å²) in [6.45, 7) is 15.1. The van der Waals surface area contributed by atoms with Crippen LogP contribution in [-0.2, 0) is 21.7 Å². The first-order chi connectivity index (χ1) is 22.2. The summed E-state index contributed by atoms with van der Waals surface area (Å²) in [5.74, 6) is 5.29. The Morgan fingerprint density at radius 1 is 1.02 bits per heavy atom. The molecule has 0 bridgehead atoms. The smallest absolute Gasteiger partial charge is 0.284 e. The highest BCUT2D eigenvalue weighted by Gasteiger charge is 2.45. The van der Waals surface area contributed by atoms with Crippen LogP contribution in [-0.4, -0.2) is 36.7 Å². The standard InChI is InChI=1S/C25H28N2O3.C9H9ClN2.2C2H6/c1-4-18-9-10-21(14-20(18)13-17(2)3)25(11-12-25)27-24(30)22-8-6-5-7-19(22)15-26-23(29)16-28;1-11-6-3-5-9-8(10)4-2-7-12-9;2*1-2/h4-10,13-14,16-17H,11-12,15H2,1-3H3,(H,26,29)(H,27,30);2,4,7,11H,6H2,1H3;2*1-2H3/b18-4-,20-13-;;;. The Labute approximate surface area is 279 Å². The van der Waals surface area contributed by atoms with Crippen LogP contribution in [0.5, 0.6) is 0 Å². The van der Waals surface area contributed by atoms with Crippen molar-refractivity contribution in [3.05, 3.63) is 98.6 Å². The lowest BCUT2D eigenvalue weighted by atomic mass is 9.99. The molecule has 1 aliphatic rings. The molecular formula is C38H49ClN4O3. The number of pyridine rings is 1. The fraction of sp³-hybridized carbons (Fsp3) is 0.368. The molecule has 1 aromatic heterocycles. The maximum atomic E-state index is 13.1. The second kappa shape index (κ2) is 21.5. The van der Waals surface area contributed by atoms with Gasteiger partial charge in [0.15, 0.2) is 0 Å². The Hall–Kier alpha value is -4.25. The Bertz CT molecular complexity index is 1600. The molecule has 1 heterocycles. The molecule has 2 aromatic carbocycles. The lowest BCUT2D eigenvalue weighted by Gasteiger charge is -2.20. The van der Waals surface area contributed by atoms with E-state index >= 15 is 0 Å². The maximum absolute atomic E-state index is 13.1. The maximum Gasteiger partial charge on any atom is 0.284 e.